The Morgan fingerprint density at radius 3 is 1.86 bits per heavy atom. The largest absolute Gasteiger partial charge is 0.416 e. The van der Waals surface area contributed by atoms with Crippen molar-refractivity contribution in [1.29, 1.82) is 0 Å². The Labute approximate surface area is 207 Å². The number of piperazine rings is 1. The van der Waals surface area contributed by atoms with Crippen molar-refractivity contribution >= 4 is 27.4 Å². The smallest absolute Gasteiger partial charge is 0.352 e. The van der Waals surface area contributed by atoms with E-state index >= 15 is 0 Å². The van der Waals surface area contributed by atoms with E-state index in [0.29, 0.717) is 22.1 Å². The summed E-state index contributed by atoms with van der Waals surface area (Å²) in [6.07, 6.45) is -10.3. The molecular weight excluding hydrogens is 534 g/mol. The molecule has 14 heteroatoms. The zero-order chi connectivity index (χ0) is 26.3. The predicted molar refractivity (Wildman–Crippen MR) is 120 cm³/mol. The van der Waals surface area contributed by atoms with Crippen LogP contribution in [-0.4, -0.2) is 49.1 Å². The van der Waals surface area contributed by atoms with E-state index in [0.717, 1.165) is 4.31 Å². The molecule has 0 radical (unpaired) electrons. The van der Waals surface area contributed by atoms with Gasteiger partial charge in [0.05, 0.1) is 26.7 Å². The molecule has 6 nitrogen and oxygen atoms in total. The zero-order valence-corrected chi connectivity index (χ0v) is 19.8. The lowest BCUT2D eigenvalue weighted by Crippen LogP contribution is -2.49. The number of nitrogens with zero attached hydrogens (tertiary/aromatic N) is 4. The first-order chi connectivity index (χ1) is 16.8. The standard InChI is InChI=1S/C22H17ClF6N4O2S/c23-18-4-2-1-3-17(18)19-5-6-20(31-30-19)32-7-9-33(10-8-32)36(34,35)16-12-14(21(24,25)26)11-15(13-16)22(27,28)29/h1-6,11-13H,7-10H2. The quantitative estimate of drug-likeness (QED) is 0.410. The maximum absolute atomic E-state index is 13.2. The van der Waals surface area contributed by atoms with E-state index in [1.54, 1.807) is 41.3 Å². The van der Waals surface area contributed by atoms with Gasteiger partial charge in [-0.05, 0) is 36.4 Å². The van der Waals surface area contributed by atoms with Crippen molar-refractivity contribution in [2.75, 3.05) is 31.1 Å². The summed E-state index contributed by atoms with van der Waals surface area (Å²) in [5, 5.41) is 8.77. The summed E-state index contributed by atoms with van der Waals surface area (Å²) in [5.74, 6) is 0.432. The number of rotatable bonds is 4. The van der Waals surface area contributed by atoms with Crippen LogP contribution in [0.1, 0.15) is 11.1 Å². The normalized spacial score (nSPS) is 15.8. The van der Waals surface area contributed by atoms with Crippen LogP contribution in [0.25, 0.3) is 11.3 Å². The van der Waals surface area contributed by atoms with Gasteiger partial charge in [0.1, 0.15) is 0 Å². The van der Waals surface area contributed by atoms with Crippen LogP contribution in [0.4, 0.5) is 32.2 Å². The molecule has 0 bridgehead atoms. The molecule has 1 fully saturated rings. The molecule has 0 aliphatic carbocycles. The summed E-state index contributed by atoms with van der Waals surface area (Å²) in [7, 11) is -4.62. The highest BCUT2D eigenvalue weighted by Gasteiger charge is 2.39. The Balaban J connectivity index is 1.52. The minimum Gasteiger partial charge on any atom is -0.352 e. The molecule has 192 valence electrons. The van der Waals surface area contributed by atoms with Crippen LogP contribution >= 0.6 is 11.6 Å². The molecule has 1 aliphatic heterocycles. The van der Waals surface area contributed by atoms with Crippen molar-refractivity contribution in [3.63, 3.8) is 0 Å². The topological polar surface area (TPSA) is 66.4 Å². The fraction of sp³-hybridized carbons (Fsp3) is 0.273. The first kappa shape index (κ1) is 26.2. The lowest BCUT2D eigenvalue weighted by Gasteiger charge is -2.34. The summed E-state index contributed by atoms with van der Waals surface area (Å²) in [6.45, 7) is -0.142. The first-order valence-electron chi connectivity index (χ1n) is 10.4. The van der Waals surface area contributed by atoms with Crippen molar-refractivity contribution in [2.45, 2.75) is 17.2 Å². The molecule has 0 atom stereocenters. The lowest BCUT2D eigenvalue weighted by molar-refractivity contribution is -0.143. The summed E-state index contributed by atoms with van der Waals surface area (Å²) < 4.78 is 106. The van der Waals surface area contributed by atoms with Crippen LogP contribution < -0.4 is 4.90 Å². The summed E-state index contributed by atoms with van der Waals surface area (Å²) in [6, 6.07) is 10.7. The molecule has 1 saturated heterocycles. The van der Waals surface area contributed by atoms with Crippen LogP contribution in [0.3, 0.4) is 0 Å². The van der Waals surface area contributed by atoms with E-state index < -0.39 is 38.4 Å². The molecule has 1 aromatic heterocycles. The van der Waals surface area contributed by atoms with Crippen molar-refractivity contribution in [3.8, 4) is 11.3 Å². The number of alkyl halides is 6. The van der Waals surface area contributed by atoms with Crippen molar-refractivity contribution in [1.82, 2.24) is 14.5 Å². The molecule has 0 spiro atoms. The fourth-order valence-corrected chi connectivity index (χ4v) is 5.41. The molecule has 0 saturated carbocycles. The van der Waals surface area contributed by atoms with Crippen LogP contribution in [0.15, 0.2) is 59.5 Å². The maximum Gasteiger partial charge on any atom is 0.416 e. The Kier molecular flexibility index (Phi) is 6.92. The number of sulfonamides is 1. The Bertz CT molecular complexity index is 1320. The van der Waals surface area contributed by atoms with E-state index in [9.17, 15) is 34.8 Å². The molecule has 0 unspecified atom stereocenters. The van der Waals surface area contributed by atoms with Gasteiger partial charge < -0.3 is 4.90 Å². The van der Waals surface area contributed by atoms with Crippen LogP contribution in [-0.2, 0) is 22.4 Å². The predicted octanol–water partition coefficient (Wildman–Crippen LogP) is 5.35. The second-order valence-corrected chi connectivity index (χ2v) is 10.2. The number of hydrogen-bond donors (Lipinski definition) is 0. The zero-order valence-electron chi connectivity index (χ0n) is 18.2. The van der Waals surface area contributed by atoms with Gasteiger partial charge in [0, 0.05) is 31.7 Å². The third-order valence-electron chi connectivity index (χ3n) is 5.56. The Hall–Kier alpha value is -2.90. The highest BCUT2D eigenvalue weighted by atomic mass is 35.5. The van der Waals surface area contributed by atoms with Gasteiger partial charge in [0.25, 0.3) is 0 Å². The van der Waals surface area contributed by atoms with Crippen LogP contribution in [0.5, 0.6) is 0 Å². The molecule has 36 heavy (non-hydrogen) atoms. The van der Waals surface area contributed by atoms with Crippen molar-refractivity contribution < 1.29 is 34.8 Å². The van der Waals surface area contributed by atoms with Crippen LogP contribution in [0.2, 0.25) is 5.02 Å². The van der Waals surface area contributed by atoms with Crippen LogP contribution in [0, 0.1) is 0 Å². The summed E-state index contributed by atoms with van der Waals surface area (Å²) >= 11 is 6.16. The molecule has 2 heterocycles. The van der Waals surface area contributed by atoms with Gasteiger partial charge in [0.2, 0.25) is 10.0 Å². The summed E-state index contributed by atoms with van der Waals surface area (Å²) in [4.78, 5) is 0.643. The molecule has 0 N–H and O–H groups in total. The fourth-order valence-electron chi connectivity index (χ4n) is 3.69. The molecular formula is C22H17ClF6N4O2S. The van der Waals surface area contributed by atoms with Gasteiger partial charge in [-0.2, -0.15) is 30.6 Å². The van der Waals surface area contributed by atoms with E-state index in [1.807, 2.05) is 0 Å². The van der Waals surface area contributed by atoms with Crippen molar-refractivity contribution in [3.05, 3.63) is 70.7 Å². The molecule has 4 rings (SSSR count). The monoisotopic (exact) mass is 550 g/mol. The SMILES string of the molecule is O=S(=O)(c1cc(C(F)(F)F)cc(C(F)(F)F)c1)N1CCN(c2ccc(-c3ccccc3Cl)nn2)CC1. The minimum atomic E-state index is -5.15. The highest BCUT2D eigenvalue weighted by Crippen LogP contribution is 2.38. The number of hydrogen-bond acceptors (Lipinski definition) is 5. The van der Waals surface area contributed by atoms with Gasteiger partial charge in [-0.15, -0.1) is 10.2 Å². The van der Waals surface area contributed by atoms with Gasteiger partial charge >= 0.3 is 12.4 Å². The molecule has 2 aromatic carbocycles. The maximum atomic E-state index is 13.2. The van der Waals surface area contributed by atoms with Gasteiger partial charge in [-0.3, -0.25) is 0 Å². The number of benzene rings is 2. The number of halogens is 7. The third-order valence-corrected chi connectivity index (χ3v) is 7.77. The second-order valence-electron chi connectivity index (χ2n) is 7.89. The number of anilines is 1. The van der Waals surface area contributed by atoms with E-state index in [4.69, 9.17) is 11.6 Å². The molecule has 3 aromatic rings. The highest BCUT2D eigenvalue weighted by molar-refractivity contribution is 7.89. The second kappa shape index (κ2) is 9.52. The minimum absolute atomic E-state index is 0.102. The molecule has 1 aliphatic rings. The summed E-state index contributed by atoms with van der Waals surface area (Å²) in [5.41, 5.74) is -2.18. The Morgan fingerprint density at radius 2 is 1.36 bits per heavy atom. The van der Waals surface area contributed by atoms with Gasteiger partial charge in [0.15, 0.2) is 5.82 Å². The molecule has 0 amide bonds. The van der Waals surface area contributed by atoms with E-state index in [-0.39, 0.29) is 44.4 Å². The number of aromatic nitrogens is 2. The average Bonchev–Trinajstić information content (AvgIpc) is 2.83. The Morgan fingerprint density at radius 1 is 0.778 bits per heavy atom. The lowest BCUT2D eigenvalue weighted by atomic mass is 10.1. The average molecular weight is 551 g/mol. The van der Waals surface area contributed by atoms with Crippen molar-refractivity contribution in [2.24, 2.45) is 0 Å². The van der Waals surface area contributed by atoms with Gasteiger partial charge in [-0.25, -0.2) is 8.42 Å². The van der Waals surface area contributed by atoms with E-state index in [1.165, 1.54) is 0 Å². The first-order valence-corrected chi connectivity index (χ1v) is 12.2. The van der Waals surface area contributed by atoms with Gasteiger partial charge in [-0.1, -0.05) is 29.8 Å². The van der Waals surface area contributed by atoms with E-state index in [2.05, 4.69) is 10.2 Å². The third kappa shape index (κ3) is 5.42.